The summed E-state index contributed by atoms with van der Waals surface area (Å²) < 4.78 is 4.96. The molecule has 2 amide bonds. The van der Waals surface area contributed by atoms with Crippen LogP contribution in [0.25, 0.3) is 0 Å². The van der Waals surface area contributed by atoms with E-state index in [-0.39, 0.29) is 23.2 Å². The maximum Gasteiger partial charge on any atom is 0.256 e. The van der Waals surface area contributed by atoms with Gasteiger partial charge in [0.1, 0.15) is 11.4 Å². The van der Waals surface area contributed by atoms with Gasteiger partial charge in [0.25, 0.3) is 5.91 Å². The SMILES string of the molecule is COCCCNC(=O)[C@@H]1CS[C@@H]2c3ccccc3C(=O)N21. The van der Waals surface area contributed by atoms with Gasteiger partial charge in [-0.1, -0.05) is 18.2 Å². The lowest BCUT2D eigenvalue weighted by Gasteiger charge is -2.22. The van der Waals surface area contributed by atoms with Crippen LogP contribution in [0.2, 0.25) is 0 Å². The number of methoxy groups -OCH3 is 1. The first-order valence-electron chi connectivity index (χ1n) is 7.04. The topological polar surface area (TPSA) is 58.6 Å². The summed E-state index contributed by atoms with van der Waals surface area (Å²) in [7, 11) is 1.64. The molecule has 2 aliphatic heterocycles. The summed E-state index contributed by atoms with van der Waals surface area (Å²) in [6.07, 6.45) is 0.777. The predicted molar refractivity (Wildman–Crippen MR) is 81.1 cm³/mol. The van der Waals surface area contributed by atoms with Crippen LogP contribution in [0, 0.1) is 0 Å². The monoisotopic (exact) mass is 306 g/mol. The van der Waals surface area contributed by atoms with Crippen molar-refractivity contribution in [3.05, 3.63) is 35.4 Å². The second-order valence-corrected chi connectivity index (χ2v) is 6.25. The van der Waals surface area contributed by atoms with Crippen LogP contribution in [-0.2, 0) is 9.53 Å². The average molecular weight is 306 g/mol. The minimum Gasteiger partial charge on any atom is -0.385 e. The van der Waals surface area contributed by atoms with Crippen LogP contribution in [0.1, 0.15) is 27.7 Å². The zero-order chi connectivity index (χ0) is 14.8. The molecular weight excluding hydrogens is 288 g/mol. The Kier molecular flexibility index (Phi) is 4.17. The molecule has 2 heterocycles. The van der Waals surface area contributed by atoms with Gasteiger partial charge in [-0.25, -0.2) is 0 Å². The molecule has 0 radical (unpaired) electrons. The van der Waals surface area contributed by atoms with Crippen molar-refractivity contribution in [3.63, 3.8) is 0 Å². The van der Waals surface area contributed by atoms with E-state index in [0.29, 0.717) is 18.9 Å². The normalized spacial score (nSPS) is 23.1. The molecule has 2 atom stereocenters. The summed E-state index contributed by atoms with van der Waals surface area (Å²) in [4.78, 5) is 26.5. The van der Waals surface area contributed by atoms with Crippen LogP contribution in [0.3, 0.4) is 0 Å². The third-order valence-corrected chi connectivity index (χ3v) is 5.12. The fraction of sp³-hybridized carbons (Fsp3) is 0.467. The minimum atomic E-state index is -0.373. The number of thioether (sulfide) groups is 1. The van der Waals surface area contributed by atoms with E-state index in [9.17, 15) is 9.59 Å². The zero-order valence-electron chi connectivity index (χ0n) is 11.9. The molecule has 1 saturated heterocycles. The molecule has 5 nitrogen and oxygen atoms in total. The van der Waals surface area contributed by atoms with Crippen molar-refractivity contribution in [3.8, 4) is 0 Å². The lowest BCUT2D eigenvalue weighted by molar-refractivity contribution is -0.124. The van der Waals surface area contributed by atoms with Gasteiger partial charge in [-0.15, -0.1) is 11.8 Å². The van der Waals surface area contributed by atoms with E-state index in [4.69, 9.17) is 4.74 Å². The maximum absolute atomic E-state index is 12.5. The lowest BCUT2D eigenvalue weighted by atomic mass is 10.1. The molecule has 3 rings (SSSR count). The molecule has 0 aromatic heterocycles. The Morgan fingerprint density at radius 2 is 2.29 bits per heavy atom. The molecule has 1 fully saturated rings. The van der Waals surface area contributed by atoms with Crippen molar-refractivity contribution in [1.82, 2.24) is 10.2 Å². The van der Waals surface area contributed by atoms with Gasteiger partial charge in [0.15, 0.2) is 0 Å². The highest BCUT2D eigenvalue weighted by Gasteiger charge is 2.48. The molecule has 1 N–H and O–H groups in total. The van der Waals surface area contributed by atoms with Crippen molar-refractivity contribution < 1.29 is 14.3 Å². The Hall–Kier alpha value is -1.53. The number of ether oxygens (including phenoxy) is 1. The van der Waals surface area contributed by atoms with Gasteiger partial charge in [0, 0.05) is 31.6 Å². The van der Waals surface area contributed by atoms with Gasteiger partial charge >= 0.3 is 0 Å². The number of hydrogen-bond donors (Lipinski definition) is 1. The van der Waals surface area contributed by atoms with Gasteiger partial charge in [0.2, 0.25) is 5.91 Å². The van der Waals surface area contributed by atoms with E-state index in [1.54, 1.807) is 23.8 Å². The highest BCUT2D eigenvalue weighted by molar-refractivity contribution is 7.99. The van der Waals surface area contributed by atoms with Crippen LogP contribution in [0.15, 0.2) is 24.3 Å². The van der Waals surface area contributed by atoms with Crippen LogP contribution in [-0.4, -0.2) is 48.8 Å². The standard InChI is InChI=1S/C15H18N2O3S/c1-20-8-4-7-16-13(18)12-9-21-15-11-6-3-2-5-10(11)14(19)17(12)15/h2-3,5-6,12,15H,4,7-9H2,1H3,(H,16,18)/t12-,15+/m0/s1. The first-order valence-corrected chi connectivity index (χ1v) is 8.08. The van der Waals surface area contributed by atoms with E-state index in [1.165, 1.54) is 0 Å². The Morgan fingerprint density at radius 1 is 1.48 bits per heavy atom. The smallest absolute Gasteiger partial charge is 0.256 e. The summed E-state index contributed by atoms with van der Waals surface area (Å²) in [6, 6.07) is 7.24. The number of hydrogen-bond acceptors (Lipinski definition) is 4. The van der Waals surface area contributed by atoms with Gasteiger partial charge in [-0.3, -0.25) is 9.59 Å². The van der Waals surface area contributed by atoms with Gasteiger partial charge in [-0.2, -0.15) is 0 Å². The Morgan fingerprint density at radius 3 is 3.10 bits per heavy atom. The highest BCUT2D eigenvalue weighted by Crippen LogP contribution is 2.47. The van der Waals surface area contributed by atoms with Crippen molar-refractivity contribution in [2.75, 3.05) is 26.0 Å². The van der Waals surface area contributed by atoms with E-state index in [1.807, 2.05) is 24.3 Å². The second kappa shape index (κ2) is 6.07. The van der Waals surface area contributed by atoms with E-state index < -0.39 is 0 Å². The van der Waals surface area contributed by atoms with Gasteiger partial charge < -0.3 is 15.0 Å². The first kappa shape index (κ1) is 14.4. The quantitative estimate of drug-likeness (QED) is 0.836. The highest BCUT2D eigenvalue weighted by atomic mass is 32.2. The largest absolute Gasteiger partial charge is 0.385 e. The summed E-state index contributed by atoms with van der Waals surface area (Å²) in [5.41, 5.74) is 1.76. The molecule has 0 spiro atoms. The van der Waals surface area contributed by atoms with Crippen LogP contribution in [0.4, 0.5) is 0 Å². The van der Waals surface area contributed by atoms with Gasteiger partial charge in [-0.05, 0) is 18.1 Å². The minimum absolute atomic E-state index is 0.0107. The van der Waals surface area contributed by atoms with Crippen molar-refractivity contribution in [2.45, 2.75) is 17.8 Å². The third-order valence-electron chi connectivity index (χ3n) is 3.82. The molecule has 21 heavy (non-hydrogen) atoms. The molecule has 2 aliphatic rings. The summed E-state index contributed by atoms with van der Waals surface area (Å²) in [5, 5.41) is 2.88. The zero-order valence-corrected chi connectivity index (χ0v) is 12.7. The van der Waals surface area contributed by atoms with Crippen LogP contribution >= 0.6 is 11.8 Å². The predicted octanol–water partition coefficient (Wildman–Crippen LogP) is 1.41. The Balaban J connectivity index is 1.68. The second-order valence-electron chi connectivity index (χ2n) is 5.14. The number of benzene rings is 1. The maximum atomic E-state index is 12.5. The number of rotatable bonds is 5. The fourth-order valence-electron chi connectivity index (χ4n) is 2.79. The molecule has 6 heteroatoms. The number of carbonyl (C=O) groups excluding carboxylic acids is 2. The van der Waals surface area contributed by atoms with E-state index in [2.05, 4.69) is 5.32 Å². The van der Waals surface area contributed by atoms with Crippen molar-refractivity contribution in [2.24, 2.45) is 0 Å². The van der Waals surface area contributed by atoms with E-state index in [0.717, 1.165) is 17.5 Å². The first-order chi connectivity index (χ1) is 10.2. The van der Waals surface area contributed by atoms with Crippen LogP contribution < -0.4 is 5.32 Å². The summed E-state index contributed by atoms with van der Waals surface area (Å²) >= 11 is 1.66. The molecule has 1 aromatic rings. The number of nitrogens with one attached hydrogen (secondary N) is 1. The average Bonchev–Trinajstić information content (AvgIpc) is 3.05. The number of amides is 2. The fourth-order valence-corrected chi connectivity index (χ4v) is 4.25. The van der Waals surface area contributed by atoms with Gasteiger partial charge in [0.05, 0.1) is 0 Å². The molecular formula is C15H18N2O3S. The molecule has 0 saturated carbocycles. The van der Waals surface area contributed by atoms with Crippen molar-refractivity contribution >= 4 is 23.6 Å². The molecule has 0 aliphatic carbocycles. The number of fused-ring (bicyclic) bond motifs is 3. The lowest BCUT2D eigenvalue weighted by Crippen LogP contribution is -2.46. The summed E-state index contributed by atoms with van der Waals surface area (Å²) in [5.74, 6) is 0.556. The van der Waals surface area contributed by atoms with Crippen LogP contribution in [0.5, 0.6) is 0 Å². The molecule has 0 unspecified atom stereocenters. The number of nitrogens with zero attached hydrogens (tertiary/aromatic N) is 1. The molecule has 1 aromatic carbocycles. The third kappa shape index (κ3) is 2.53. The Labute approximate surface area is 128 Å². The summed E-state index contributed by atoms with van der Waals surface area (Å²) in [6.45, 7) is 1.20. The Bertz CT molecular complexity index is 564. The molecule has 0 bridgehead atoms. The van der Waals surface area contributed by atoms with E-state index >= 15 is 0 Å². The number of carbonyl (C=O) groups is 2. The van der Waals surface area contributed by atoms with Crippen molar-refractivity contribution in [1.29, 1.82) is 0 Å². The molecule has 112 valence electrons.